The number of benzene rings is 1. The molecule has 0 saturated heterocycles. The molecule has 3 aromatic rings. The van der Waals surface area contributed by atoms with Gasteiger partial charge in [-0.05, 0) is 25.1 Å². The second-order valence-corrected chi connectivity index (χ2v) is 5.36. The van der Waals surface area contributed by atoms with Crippen molar-refractivity contribution in [3.05, 3.63) is 65.1 Å². The number of nitrogens with zero attached hydrogens (tertiary/aromatic N) is 1. The van der Waals surface area contributed by atoms with E-state index in [1.807, 2.05) is 24.3 Å². The second-order valence-electron chi connectivity index (χ2n) is 5.00. The van der Waals surface area contributed by atoms with Gasteiger partial charge < -0.3 is 9.72 Å². The molecule has 0 aliphatic rings. The number of hydrogen-bond donors (Lipinski definition) is 1. The highest BCUT2D eigenvalue weighted by atomic mass is 35.5. The lowest BCUT2D eigenvalue weighted by atomic mass is 10.1. The number of carbonyl (C=O) groups excluding carboxylic acids is 2. The van der Waals surface area contributed by atoms with Crippen LogP contribution in [0.15, 0.2) is 48.8 Å². The molecule has 1 N–H and O–H groups in total. The normalized spacial score (nSPS) is 12.1. The van der Waals surface area contributed by atoms with Crippen molar-refractivity contribution in [1.29, 1.82) is 0 Å². The Morgan fingerprint density at radius 2 is 1.96 bits per heavy atom. The standard InChI is InChI=1S/C17H13ClN2O3/c1-10(23-17(22)12-6-4-8-19-16(12)18)15(21)13-9-20-14-7-3-2-5-11(13)14/h2-10,20H,1H3/t10-/m0/s1. The Labute approximate surface area is 137 Å². The zero-order chi connectivity index (χ0) is 16.4. The molecule has 3 rings (SSSR count). The van der Waals surface area contributed by atoms with Gasteiger partial charge in [0.15, 0.2) is 6.10 Å². The summed E-state index contributed by atoms with van der Waals surface area (Å²) < 4.78 is 5.22. The first-order valence-electron chi connectivity index (χ1n) is 6.99. The van der Waals surface area contributed by atoms with Gasteiger partial charge in [0.25, 0.3) is 0 Å². The molecule has 116 valence electrons. The highest BCUT2D eigenvalue weighted by Crippen LogP contribution is 2.21. The van der Waals surface area contributed by atoms with Crippen LogP contribution in [-0.2, 0) is 4.74 Å². The summed E-state index contributed by atoms with van der Waals surface area (Å²) in [6.07, 6.45) is 2.16. The SMILES string of the molecule is C[C@H](OC(=O)c1cccnc1Cl)C(=O)c1c[nH]c2ccccc12. The van der Waals surface area contributed by atoms with Gasteiger partial charge in [0.05, 0.1) is 5.56 Å². The zero-order valence-corrected chi connectivity index (χ0v) is 13.0. The van der Waals surface area contributed by atoms with E-state index in [1.54, 1.807) is 12.3 Å². The molecule has 0 bridgehead atoms. The minimum atomic E-state index is -0.932. The maximum atomic E-state index is 12.5. The number of carbonyl (C=O) groups is 2. The molecule has 2 aromatic heterocycles. The van der Waals surface area contributed by atoms with Gasteiger partial charge in [0.2, 0.25) is 5.78 Å². The van der Waals surface area contributed by atoms with Crippen LogP contribution in [0, 0.1) is 0 Å². The number of ether oxygens (including phenoxy) is 1. The number of halogens is 1. The van der Waals surface area contributed by atoms with E-state index < -0.39 is 12.1 Å². The number of pyridine rings is 1. The molecule has 0 aliphatic carbocycles. The molecule has 0 spiro atoms. The molecule has 1 atom stereocenters. The lowest BCUT2D eigenvalue weighted by Gasteiger charge is -2.12. The summed E-state index contributed by atoms with van der Waals surface area (Å²) in [5, 5.41) is 0.837. The van der Waals surface area contributed by atoms with E-state index in [0.717, 1.165) is 10.9 Å². The van der Waals surface area contributed by atoms with Crippen LogP contribution in [0.1, 0.15) is 27.6 Å². The number of rotatable bonds is 4. The molecule has 0 saturated carbocycles. The second kappa shape index (κ2) is 6.22. The first kappa shape index (κ1) is 15.2. The van der Waals surface area contributed by atoms with Crippen LogP contribution in [0.2, 0.25) is 5.15 Å². The summed E-state index contributed by atoms with van der Waals surface area (Å²) in [6, 6.07) is 10.5. The first-order valence-corrected chi connectivity index (χ1v) is 7.37. The number of Topliss-reactive ketones (excluding diaryl/α,β-unsaturated/α-hetero) is 1. The quantitative estimate of drug-likeness (QED) is 0.451. The van der Waals surface area contributed by atoms with Gasteiger partial charge in [-0.3, -0.25) is 4.79 Å². The summed E-state index contributed by atoms with van der Waals surface area (Å²) in [4.78, 5) is 31.5. The number of fused-ring (bicyclic) bond motifs is 1. The summed E-state index contributed by atoms with van der Waals surface area (Å²) in [6.45, 7) is 1.53. The van der Waals surface area contributed by atoms with E-state index in [4.69, 9.17) is 16.3 Å². The van der Waals surface area contributed by atoms with Crippen molar-refractivity contribution < 1.29 is 14.3 Å². The minimum absolute atomic E-state index is 0.0456. The monoisotopic (exact) mass is 328 g/mol. The molecule has 0 radical (unpaired) electrons. The van der Waals surface area contributed by atoms with Crippen molar-refractivity contribution in [2.45, 2.75) is 13.0 Å². The van der Waals surface area contributed by atoms with E-state index in [-0.39, 0.29) is 16.5 Å². The average molecular weight is 329 g/mol. The largest absolute Gasteiger partial charge is 0.451 e. The minimum Gasteiger partial charge on any atom is -0.451 e. The van der Waals surface area contributed by atoms with Crippen LogP contribution < -0.4 is 0 Å². The summed E-state index contributed by atoms with van der Waals surface area (Å²) >= 11 is 5.86. The van der Waals surface area contributed by atoms with E-state index in [1.165, 1.54) is 19.2 Å². The lowest BCUT2D eigenvalue weighted by molar-refractivity contribution is 0.0319. The van der Waals surface area contributed by atoms with E-state index in [9.17, 15) is 9.59 Å². The number of H-pyrrole nitrogens is 1. The summed E-state index contributed by atoms with van der Waals surface area (Å²) in [5.41, 5.74) is 1.47. The van der Waals surface area contributed by atoms with Gasteiger partial charge >= 0.3 is 5.97 Å². The fraction of sp³-hybridized carbons (Fsp3) is 0.118. The van der Waals surface area contributed by atoms with Crippen LogP contribution in [0.3, 0.4) is 0 Å². The molecule has 1 aromatic carbocycles. The fourth-order valence-corrected chi connectivity index (χ4v) is 2.51. The van der Waals surface area contributed by atoms with Crippen LogP contribution >= 0.6 is 11.6 Å². The van der Waals surface area contributed by atoms with E-state index >= 15 is 0 Å². The number of nitrogens with one attached hydrogen (secondary N) is 1. The Bertz CT molecular complexity index is 888. The molecule has 0 unspecified atom stereocenters. The van der Waals surface area contributed by atoms with Crippen LogP contribution in [-0.4, -0.2) is 27.8 Å². The maximum Gasteiger partial charge on any atom is 0.341 e. The molecular weight excluding hydrogens is 316 g/mol. The highest BCUT2D eigenvalue weighted by molar-refractivity contribution is 6.32. The third-order valence-electron chi connectivity index (χ3n) is 3.49. The molecule has 5 nitrogen and oxygen atoms in total. The van der Waals surface area contributed by atoms with E-state index in [2.05, 4.69) is 9.97 Å². The average Bonchev–Trinajstić information content (AvgIpc) is 2.98. The molecular formula is C17H13ClN2O3. The fourth-order valence-electron chi connectivity index (χ4n) is 2.31. The molecule has 2 heterocycles. The highest BCUT2D eigenvalue weighted by Gasteiger charge is 2.23. The maximum absolute atomic E-state index is 12.5. The van der Waals surface area contributed by atoms with Gasteiger partial charge in [-0.2, -0.15) is 0 Å². The van der Waals surface area contributed by atoms with Crippen molar-refractivity contribution in [2.24, 2.45) is 0 Å². The third-order valence-corrected chi connectivity index (χ3v) is 3.79. The van der Waals surface area contributed by atoms with Gasteiger partial charge in [0, 0.05) is 28.9 Å². The van der Waals surface area contributed by atoms with Gasteiger partial charge in [-0.1, -0.05) is 29.8 Å². The predicted molar refractivity (Wildman–Crippen MR) is 86.8 cm³/mol. The van der Waals surface area contributed by atoms with Crippen molar-refractivity contribution in [3.8, 4) is 0 Å². The summed E-state index contributed by atoms with van der Waals surface area (Å²) in [7, 11) is 0. The van der Waals surface area contributed by atoms with Crippen molar-refractivity contribution in [3.63, 3.8) is 0 Å². The molecule has 0 fully saturated rings. The first-order chi connectivity index (χ1) is 11.1. The number of para-hydroxylation sites is 1. The molecule has 6 heteroatoms. The van der Waals surface area contributed by atoms with Gasteiger partial charge in [-0.25, -0.2) is 9.78 Å². The van der Waals surface area contributed by atoms with Crippen molar-refractivity contribution in [2.75, 3.05) is 0 Å². The predicted octanol–water partition coefficient (Wildman–Crippen LogP) is 3.64. The van der Waals surface area contributed by atoms with Gasteiger partial charge in [-0.15, -0.1) is 0 Å². The molecule has 23 heavy (non-hydrogen) atoms. The zero-order valence-electron chi connectivity index (χ0n) is 12.2. The van der Waals surface area contributed by atoms with Crippen molar-refractivity contribution in [1.82, 2.24) is 9.97 Å². The molecule has 0 aliphatic heterocycles. The Morgan fingerprint density at radius 3 is 2.74 bits per heavy atom. The summed E-state index contributed by atoms with van der Waals surface area (Å²) in [5.74, 6) is -0.959. The number of ketones is 1. The number of aromatic nitrogens is 2. The Balaban J connectivity index is 1.80. The Kier molecular flexibility index (Phi) is 4.12. The third kappa shape index (κ3) is 2.96. The lowest BCUT2D eigenvalue weighted by Crippen LogP contribution is -2.24. The number of hydrogen-bond acceptors (Lipinski definition) is 4. The smallest absolute Gasteiger partial charge is 0.341 e. The Morgan fingerprint density at radius 1 is 1.17 bits per heavy atom. The molecule has 0 amide bonds. The van der Waals surface area contributed by atoms with Gasteiger partial charge in [0.1, 0.15) is 5.15 Å². The van der Waals surface area contributed by atoms with Crippen LogP contribution in [0.5, 0.6) is 0 Å². The number of esters is 1. The topological polar surface area (TPSA) is 72.0 Å². The number of aromatic amines is 1. The van der Waals surface area contributed by atoms with Crippen molar-refractivity contribution >= 4 is 34.3 Å². The van der Waals surface area contributed by atoms with Crippen LogP contribution in [0.4, 0.5) is 0 Å². The van der Waals surface area contributed by atoms with E-state index in [0.29, 0.717) is 5.56 Å². The van der Waals surface area contributed by atoms with Crippen LogP contribution in [0.25, 0.3) is 10.9 Å². The Hall–Kier alpha value is -2.66.